The van der Waals surface area contributed by atoms with Gasteiger partial charge in [-0.1, -0.05) is 55.8 Å². The third-order valence-electron chi connectivity index (χ3n) is 8.83. The molecule has 1 aromatic rings. The van der Waals surface area contributed by atoms with E-state index in [1.54, 1.807) is 5.57 Å². The van der Waals surface area contributed by atoms with Crippen molar-refractivity contribution in [3.05, 3.63) is 47.5 Å². The number of nitrogens with zero attached hydrogens (tertiary/aromatic N) is 1. The van der Waals surface area contributed by atoms with Gasteiger partial charge in [-0.2, -0.15) is 0 Å². The molecule has 4 rings (SSSR count). The van der Waals surface area contributed by atoms with Gasteiger partial charge >= 0.3 is 0 Å². The van der Waals surface area contributed by atoms with Crippen LogP contribution in [0.3, 0.4) is 0 Å². The van der Waals surface area contributed by atoms with E-state index in [0.29, 0.717) is 17.7 Å². The number of amides is 1. The molecule has 3 unspecified atom stereocenters. The molecule has 1 aromatic carbocycles. The van der Waals surface area contributed by atoms with E-state index in [4.69, 9.17) is 5.73 Å². The van der Waals surface area contributed by atoms with E-state index in [2.05, 4.69) is 55.2 Å². The van der Waals surface area contributed by atoms with Crippen LogP contribution in [0.1, 0.15) is 83.6 Å². The second kappa shape index (κ2) is 9.48. The van der Waals surface area contributed by atoms with Crippen LogP contribution in [0.15, 0.2) is 42.0 Å². The van der Waals surface area contributed by atoms with Gasteiger partial charge in [0.15, 0.2) is 0 Å². The Balaban J connectivity index is 1.63. The largest absolute Gasteiger partial charge is 0.342 e. The second-order valence-corrected chi connectivity index (χ2v) is 10.6. The number of carbonyl (C=O) groups excluding carboxylic acids is 1. The molecule has 3 atom stereocenters. The summed E-state index contributed by atoms with van der Waals surface area (Å²) in [4.78, 5) is 16.3. The van der Waals surface area contributed by atoms with Crippen LogP contribution >= 0.6 is 0 Å². The molecule has 2 N–H and O–H groups in total. The standard InChI is InChI=1S/C28H42N2O/c1-3-8-23-11-15-28(25-9-6-5-7-10-25)20-24(23)19-27(4-2,21-28)26(31)30-17-13-22(12-16-29)14-18-30/h5-10,22,24H,3-4,11-21,29H2,1-2H3/b23-8+. The van der Waals surface area contributed by atoms with Gasteiger partial charge in [-0.15, -0.1) is 0 Å². The van der Waals surface area contributed by atoms with Gasteiger partial charge in [0.05, 0.1) is 5.41 Å². The van der Waals surface area contributed by atoms with Crippen LogP contribution in [0.5, 0.6) is 0 Å². The lowest BCUT2D eigenvalue weighted by Crippen LogP contribution is -2.54. The van der Waals surface area contributed by atoms with Crippen LogP contribution in [0.2, 0.25) is 0 Å². The lowest BCUT2D eigenvalue weighted by Gasteiger charge is -2.55. The highest BCUT2D eigenvalue weighted by Crippen LogP contribution is 2.59. The zero-order valence-corrected chi connectivity index (χ0v) is 19.7. The molecule has 0 radical (unpaired) electrons. The summed E-state index contributed by atoms with van der Waals surface area (Å²) in [7, 11) is 0. The fourth-order valence-electron chi connectivity index (χ4n) is 7.11. The Hall–Kier alpha value is -1.61. The molecule has 1 aliphatic heterocycles. The summed E-state index contributed by atoms with van der Waals surface area (Å²) >= 11 is 0. The number of hydrogen-bond donors (Lipinski definition) is 1. The van der Waals surface area contributed by atoms with Gasteiger partial charge in [0.2, 0.25) is 5.91 Å². The molecule has 1 amide bonds. The Morgan fingerprint density at radius 3 is 2.55 bits per heavy atom. The molecular formula is C28H42N2O. The van der Waals surface area contributed by atoms with E-state index in [1.165, 1.54) is 24.8 Å². The molecule has 31 heavy (non-hydrogen) atoms. The quantitative estimate of drug-likeness (QED) is 0.586. The normalized spacial score (nSPS) is 32.9. The molecule has 0 spiro atoms. The maximum absolute atomic E-state index is 14.1. The third kappa shape index (κ3) is 4.35. The van der Waals surface area contributed by atoms with Crippen molar-refractivity contribution in [2.75, 3.05) is 19.6 Å². The average molecular weight is 423 g/mol. The minimum Gasteiger partial charge on any atom is -0.342 e. The molecule has 2 saturated carbocycles. The number of nitrogens with two attached hydrogens (primary N) is 1. The van der Waals surface area contributed by atoms with E-state index >= 15 is 0 Å². The van der Waals surface area contributed by atoms with Gasteiger partial charge in [0.25, 0.3) is 0 Å². The van der Waals surface area contributed by atoms with Gasteiger partial charge in [-0.25, -0.2) is 0 Å². The summed E-state index contributed by atoms with van der Waals surface area (Å²) in [6, 6.07) is 11.1. The lowest BCUT2D eigenvalue weighted by atomic mass is 9.49. The number of rotatable bonds is 6. The lowest BCUT2D eigenvalue weighted by molar-refractivity contribution is -0.149. The van der Waals surface area contributed by atoms with E-state index in [-0.39, 0.29) is 10.8 Å². The number of allylic oxidation sites excluding steroid dienone is 2. The Kier molecular flexibility index (Phi) is 6.91. The summed E-state index contributed by atoms with van der Waals surface area (Å²) in [6.45, 7) is 7.13. The maximum Gasteiger partial charge on any atom is 0.228 e. The zero-order valence-electron chi connectivity index (χ0n) is 19.7. The van der Waals surface area contributed by atoms with Crippen molar-refractivity contribution in [3.8, 4) is 0 Å². The van der Waals surface area contributed by atoms with Crippen molar-refractivity contribution in [1.29, 1.82) is 0 Å². The monoisotopic (exact) mass is 422 g/mol. The van der Waals surface area contributed by atoms with E-state index in [1.807, 2.05) is 0 Å². The Labute approximate surface area is 189 Å². The molecule has 1 saturated heterocycles. The van der Waals surface area contributed by atoms with E-state index < -0.39 is 0 Å². The summed E-state index contributed by atoms with van der Waals surface area (Å²) < 4.78 is 0. The summed E-state index contributed by atoms with van der Waals surface area (Å²) in [5.41, 5.74) is 8.81. The van der Waals surface area contributed by atoms with Crippen molar-refractivity contribution >= 4 is 5.91 Å². The zero-order chi connectivity index (χ0) is 21.9. The SMILES string of the molecule is CC/C=C1\CCC2(c3ccccc3)CC1CC(CC)(C(=O)N1CCC(CCN)CC1)C2. The first-order valence-electron chi connectivity index (χ1n) is 12.8. The fourth-order valence-corrected chi connectivity index (χ4v) is 7.11. The van der Waals surface area contributed by atoms with Gasteiger partial charge in [-0.05, 0) is 93.6 Å². The van der Waals surface area contributed by atoms with Crippen LogP contribution < -0.4 is 5.73 Å². The van der Waals surface area contributed by atoms with E-state index in [0.717, 1.165) is 64.6 Å². The Morgan fingerprint density at radius 1 is 1.16 bits per heavy atom. The highest BCUT2D eigenvalue weighted by atomic mass is 16.2. The van der Waals surface area contributed by atoms with Crippen LogP contribution in [-0.4, -0.2) is 30.4 Å². The second-order valence-electron chi connectivity index (χ2n) is 10.6. The van der Waals surface area contributed by atoms with Crippen molar-refractivity contribution in [1.82, 2.24) is 4.90 Å². The van der Waals surface area contributed by atoms with Crippen molar-refractivity contribution in [2.24, 2.45) is 23.0 Å². The minimum absolute atomic E-state index is 0.152. The predicted molar refractivity (Wildman–Crippen MR) is 129 cm³/mol. The smallest absolute Gasteiger partial charge is 0.228 e. The molecule has 0 aromatic heterocycles. The minimum atomic E-state index is -0.216. The molecule has 2 bridgehead atoms. The number of likely N-dealkylation sites (tertiary alicyclic amines) is 1. The third-order valence-corrected chi connectivity index (χ3v) is 8.83. The van der Waals surface area contributed by atoms with Crippen molar-refractivity contribution < 1.29 is 4.79 Å². The van der Waals surface area contributed by atoms with Gasteiger partial charge in [0, 0.05) is 13.1 Å². The maximum atomic E-state index is 14.1. The van der Waals surface area contributed by atoms with Gasteiger partial charge in [0.1, 0.15) is 0 Å². The topological polar surface area (TPSA) is 46.3 Å². The van der Waals surface area contributed by atoms with E-state index in [9.17, 15) is 4.79 Å². The molecular weight excluding hydrogens is 380 g/mol. The number of benzene rings is 1. The average Bonchev–Trinajstić information content (AvgIpc) is 2.82. The highest BCUT2D eigenvalue weighted by molar-refractivity contribution is 5.83. The number of piperidine rings is 1. The molecule has 3 nitrogen and oxygen atoms in total. The Bertz CT molecular complexity index is 779. The van der Waals surface area contributed by atoms with Crippen molar-refractivity contribution in [3.63, 3.8) is 0 Å². The summed E-state index contributed by atoms with van der Waals surface area (Å²) in [6.07, 6.45) is 13.6. The van der Waals surface area contributed by atoms with Crippen LogP contribution in [-0.2, 0) is 10.2 Å². The van der Waals surface area contributed by atoms with Crippen LogP contribution in [0.4, 0.5) is 0 Å². The highest BCUT2D eigenvalue weighted by Gasteiger charge is 2.55. The fraction of sp³-hybridized carbons (Fsp3) is 0.679. The first-order chi connectivity index (χ1) is 15.1. The summed E-state index contributed by atoms with van der Waals surface area (Å²) in [5, 5.41) is 0. The number of fused-ring (bicyclic) bond motifs is 2. The molecule has 1 heterocycles. The molecule has 2 aliphatic carbocycles. The van der Waals surface area contributed by atoms with Crippen molar-refractivity contribution in [2.45, 2.75) is 83.5 Å². The first kappa shape index (κ1) is 22.6. The molecule has 170 valence electrons. The first-order valence-corrected chi connectivity index (χ1v) is 12.8. The predicted octanol–water partition coefficient (Wildman–Crippen LogP) is 5.84. The van der Waals surface area contributed by atoms with Crippen LogP contribution in [0, 0.1) is 17.3 Å². The van der Waals surface area contributed by atoms with Crippen LogP contribution in [0.25, 0.3) is 0 Å². The Morgan fingerprint density at radius 2 is 1.90 bits per heavy atom. The van der Waals surface area contributed by atoms with Gasteiger partial charge < -0.3 is 10.6 Å². The molecule has 3 fully saturated rings. The molecule has 3 aliphatic rings. The van der Waals surface area contributed by atoms with Gasteiger partial charge in [-0.3, -0.25) is 4.79 Å². The molecule has 3 heteroatoms. The summed E-state index contributed by atoms with van der Waals surface area (Å²) in [5.74, 6) is 1.71. The number of hydrogen-bond acceptors (Lipinski definition) is 2. The number of carbonyl (C=O) groups is 1.